The predicted molar refractivity (Wildman–Crippen MR) is 19.3 cm³/mol. The van der Waals surface area contributed by atoms with Crippen molar-refractivity contribution >= 4 is 10.4 Å². The van der Waals surface area contributed by atoms with Crippen LogP contribution in [0.2, 0.25) is 0 Å². The second-order valence-electron chi connectivity index (χ2n) is 0.646. The third kappa shape index (κ3) is 1960. The smallest absolute Gasteiger partial charge is 0.759 e. The van der Waals surface area contributed by atoms with Gasteiger partial charge in [-0.15, -0.1) is 10.1 Å². The minimum Gasteiger partial charge on any atom is -0.759 e. The van der Waals surface area contributed by atoms with E-state index in [0.717, 1.165) is 0 Å². The summed E-state index contributed by atoms with van der Waals surface area (Å²) in [6.07, 6.45) is 0. The first kappa shape index (κ1) is 16.3. The van der Waals surface area contributed by atoms with Crippen LogP contribution in [0.5, 0.6) is 0 Å². The van der Waals surface area contributed by atoms with E-state index in [0.29, 0.717) is 0 Å². The summed E-state index contributed by atoms with van der Waals surface area (Å²) in [6.45, 7) is 0. The van der Waals surface area contributed by atoms with Gasteiger partial charge in [-0.3, -0.25) is 8.42 Å². The van der Waals surface area contributed by atoms with Gasteiger partial charge in [-0.2, -0.15) is 0 Å². The molecule has 0 spiro atoms. The Morgan fingerprint density at radius 2 is 1.30 bits per heavy atom. The van der Waals surface area contributed by atoms with Gasteiger partial charge in [0.05, 0.1) is 0 Å². The Morgan fingerprint density at radius 1 is 1.30 bits per heavy atom. The van der Waals surface area contributed by atoms with Crippen LogP contribution in [0.15, 0.2) is 0 Å². The molecular weight excluding hydrogens is 222 g/mol. The van der Waals surface area contributed by atoms with Crippen LogP contribution < -0.4 is 0 Å². The molecule has 1 radical (unpaired) electrons. The van der Waals surface area contributed by atoms with E-state index in [1.807, 2.05) is 0 Å². The van der Waals surface area contributed by atoms with E-state index in [1.165, 1.54) is 0 Å². The van der Waals surface area contributed by atoms with E-state index in [4.69, 9.17) is 32.8 Å². The van der Waals surface area contributed by atoms with Gasteiger partial charge < -0.3 is 14.3 Å². The first-order valence-electron chi connectivity index (χ1n) is 1.23. The van der Waals surface area contributed by atoms with Gasteiger partial charge >= 0.3 is 17.1 Å². The predicted octanol–water partition coefficient (Wildman–Crippen LogP) is -1.69. The molecule has 0 aromatic rings. The quantitative estimate of drug-likeness (QED) is 0.169. The maximum atomic E-state index is 8.52. The molecular formula is HCuNO7S. The van der Waals surface area contributed by atoms with Gasteiger partial charge in [0.25, 0.3) is 5.09 Å². The summed E-state index contributed by atoms with van der Waals surface area (Å²) < 4.78 is 34.1. The minimum atomic E-state index is -5.17. The molecule has 0 rings (SSSR count). The van der Waals surface area contributed by atoms with Crippen molar-refractivity contribution in [3.8, 4) is 0 Å². The normalized spacial score (nSPS) is 8.20. The van der Waals surface area contributed by atoms with Crippen LogP contribution in [-0.2, 0) is 27.5 Å². The van der Waals surface area contributed by atoms with Crippen LogP contribution in [0.4, 0.5) is 0 Å². The van der Waals surface area contributed by atoms with Crippen LogP contribution in [0, 0.1) is 10.1 Å². The largest absolute Gasteiger partial charge is 2.00 e. The van der Waals surface area contributed by atoms with Crippen LogP contribution >= 0.6 is 0 Å². The van der Waals surface area contributed by atoms with Crippen molar-refractivity contribution in [1.29, 1.82) is 0 Å². The molecule has 0 aliphatic rings. The van der Waals surface area contributed by atoms with E-state index in [1.54, 1.807) is 0 Å². The summed E-state index contributed by atoms with van der Waals surface area (Å²) in [7, 11) is -5.17. The molecule has 0 fully saturated rings. The molecule has 10 heavy (non-hydrogen) atoms. The molecule has 0 aliphatic heterocycles. The second kappa shape index (κ2) is 6.71. The van der Waals surface area contributed by atoms with E-state index >= 15 is 0 Å². The van der Waals surface area contributed by atoms with Gasteiger partial charge in [-0.05, 0) is 0 Å². The molecule has 0 unspecified atom stereocenters. The Kier molecular flexibility index (Phi) is 10.9. The molecule has 0 heterocycles. The summed E-state index contributed by atoms with van der Waals surface area (Å²) in [5.41, 5.74) is 0. The van der Waals surface area contributed by atoms with Crippen molar-refractivity contribution in [3.05, 3.63) is 10.1 Å². The van der Waals surface area contributed by atoms with E-state index in [-0.39, 0.29) is 17.1 Å². The summed E-state index contributed by atoms with van der Waals surface area (Å²) >= 11 is 0. The van der Waals surface area contributed by atoms with Gasteiger partial charge in [0, 0.05) is 10.4 Å². The van der Waals surface area contributed by atoms with Crippen molar-refractivity contribution in [2.75, 3.05) is 0 Å². The Bertz CT molecular complexity index is 156. The minimum absolute atomic E-state index is 0. The van der Waals surface area contributed by atoms with Crippen LogP contribution in [0.3, 0.4) is 0 Å². The average molecular weight is 223 g/mol. The number of hydrogen-bond donors (Lipinski definition) is 1. The Labute approximate surface area is 66.0 Å². The zero-order valence-electron chi connectivity index (χ0n) is 4.05. The first-order valence-corrected chi connectivity index (χ1v) is 2.57. The molecule has 8 nitrogen and oxygen atoms in total. The third-order valence-corrected chi connectivity index (χ3v) is 0. The monoisotopic (exact) mass is 222 g/mol. The van der Waals surface area contributed by atoms with Crippen molar-refractivity contribution in [1.82, 2.24) is 0 Å². The summed E-state index contributed by atoms with van der Waals surface area (Å²) in [5, 5.41) is 13.6. The standard InChI is InChI=1S/Cu.HNO3.H2O4S/c;2-1(3)4;1-5(2,3)4/h;(H,2,3,4);(H2,1,2,3,4)/q+2;;/p-2. The van der Waals surface area contributed by atoms with E-state index in [9.17, 15) is 0 Å². The fourth-order valence-corrected chi connectivity index (χ4v) is 0. The summed E-state index contributed by atoms with van der Waals surface area (Å²) in [6, 6.07) is 0. The van der Waals surface area contributed by atoms with E-state index < -0.39 is 15.5 Å². The van der Waals surface area contributed by atoms with Gasteiger partial charge in [-0.25, -0.2) is 0 Å². The van der Waals surface area contributed by atoms with Gasteiger partial charge in [0.1, 0.15) is 0 Å². The molecule has 0 aromatic heterocycles. The second-order valence-corrected chi connectivity index (χ2v) is 1.46. The molecule has 0 atom stereocenters. The van der Waals surface area contributed by atoms with Crippen LogP contribution in [0.1, 0.15) is 0 Å². The maximum absolute atomic E-state index is 8.52. The van der Waals surface area contributed by atoms with Crippen LogP contribution in [0.25, 0.3) is 0 Å². The molecule has 0 aliphatic carbocycles. The fourth-order valence-electron chi connectivity index (χ4n) is 0. The zero-order chi connectivity index (χ0) is 8.08. The topological polar surface area (TPSA) is 144 Å². The first-order chi connectivity index (χ1) is 3.73. The number of hydrogen-bond acceptors (Lipinski definition) is 6. The van der Waals surface area contributed by atoms with Gasteiger partial charge in [0.2, 0.25) is 0 Å². The Balaban J connectivity index is -0.0000000910. The van der Waals surface area contributed by atoms with Crippen molar-refractivity contribution in [2.24, 2.45) is 0 Å². The molecule has 0 saturated heterocycles. The van der Waals surface area contributed by atoms with Gasteiger partial charge in [-0.1, -0.05) is 0 Å². The molecule has 1 N–H and O–H groups in total. The van der Waals surface area contributed by atoms with Gasteiger partial charge in [0.15, 0.2) is 0 Å². The molecule has 0 amide bonds. The van der Waals surface area contributed by atoms with Crippen LogP contribution in [-0.4, -0.2) is 27.8 Å². The van der Waals surface area contributed by atoms with Crippen molar-refractivity contribution in [2.45, 2.75) is 0 Å². The number of nitrogens with zero attached hydrogens (tertiary/aromatic N) is 1. The SMILES string of the molecule is O=S(=O)([O-])[O-].O=[N+]([O-])O.[Cu+2]. The Morgan fingerprint density at radius 3 is 1.30 bits per heavy atom. The average Bonchev–Trinajstić information content (AvgIpc) is 1.19. The molecule has 65 valence electrons. The Hall–Kier alpha value is -0.411. The fraction of sp³-hybridized carbons (Fsp3) is 0. The molecule has 0 saturated carbocycles. The molecule has 10 heteroatoms. The molecule has 0 bridgehead atoms. The summed E-state index contributed by atoms with van der Waals surface area (Å²) in [4.78, 5) is 8.36. The third-order valence-electron chi connectivity index (χ3n) is 0. The number of rotatable bonds is 0. The van der Waals surface area contributed by atoms with Crippen molar-refractivity contribution < 1.29 is 44.9 Å². The van der Waals surface area contributed by atoms with Crippen molar-refractivity contribution in [3.63, 3.8) is 0 Å². The molecule has 0 aromatic carbocycles. The zero-order valence-corrected chi connectivity index (χ0v) is 5.81. The van der Waals surface area contributed by atoms with E-state index in [2.05, 4.69) is 0 Å². The summed E-state index contributed by atoms with van der Waals surface area (Å²) in [5.74, 6) is 0. The maximum Gasteiger partial charge on any atom is 2.00 e.